The average Bonchev–Trinajstić information content (AvgIpc) is 3.27. The van der Waals surface area contributed by atoms with Crippen molar-refractivity contribution in [3.05, 3.63) is 65.9 Å². The second-order valence-corrected chi connectivity index (χ2v) is 5.02. The Balaban J connectivity index is 1.70. The lowest BCUT2D eigenvalue weighted by Crippen LogP contribution is -1.95. The number of carbonyl (C=O) groups excluding carboxylic acids is 2. The summed E-state index contributed by atoms with van der Waals surface area (Å²) in [6, 6.07) is 9.40. The van der Waals surface area contributed by atoms with Crippen molar-refractivity contribution in [2.75, 3.05) is 0 Å². The third kappa shape index (κ3) is 3.81. The zero-order valence-corrected chi connectivity index (χ0v) is 13.1. The molecule has 0 amide bonds. The summed E-state index contributed by atoms with van der Waals surface area (Å²) in [7, 11) is 0. The van der Waals surface area contributed by atoms with Crippen LogP contribution in [0.2, 0.25) is 0 Å². The number of furan rings is 1. The van der Waals surface area contributed by atoms with Crippen LogP contribution in [0.1, 0.15) is 33.7 Å². The number of allylic oxidation sites excluding steroid dienone is 1. The Bertz CT molecular complexity index is 924. The molecule has 25 heavy (non-hydrogen) atoms. The molecule has 0 atom stereocenters. The van der Waals surface area contributed by atoms with E-state index in [9.17, 15) is 14.7 Å². The molecule has 0 aliphatic carbocycles. The first-order valence-electron chi connectivity index (χ1n) is 7.23. The number of aromatic nitrogens is 3. The molecule has 0 unspecified atom stereocenters. The van der Waals surface area contributed by atoms with Crippen molar-refractivity contribution in [1.82, 2.24) is 15.2 Å². The molecule has 3 aromatic rings. The highest BCUT2D eigenvalue weighted by Crippen LogP contribution is 2.24. The molecule has 0 spiro atoms. The number of aliphatic hydroxyl groups excluding tert-OH is 1. The zero-order valence-electron chi connectivity index (χ0n) is 13.1. The largest absolute Gasteiger partial charge is 0.504 e. The molecule has 1 aromatic carbocycles. The molecule has 0 aliphatic heterocycles. The van der Waals surface area contributed by atoms with E-state index in [0.717, 1.165) is 6.08 Å². The predicted molar refractivity (Wildman–Crippen MR) is 86.5 cm³/mol. The van der Waals surface area contributed by atoms with E-state index in [0.29, 0.717) is 11.3 Å². The van der Waals surface area contributed by atoms with Crippen molar-refractivity contribution in [3.63, 3.8) is 0 Å². The van der Waals surface area contributed by atoms with E-state index < -0.39 is 5.78 Å². The fourth-order valence-electron chi connectivity index (χ4n) is 1.97. The Morgan fingerprint density at radius 1 is 1.20 bits per heavy atom. The van der Waals surface area contributed by atoms with Crippen LogP contribution in [0.25, 0.3) is 5.76 Å². The maximum atomic E-state index is 12.0. The summed E-state index contributed by atoms with van der Waals surface area (Å²) in [5, 5.41) is 15.8. The first-order chi connectivity index (χ1) is 12.0. The summed E-state index contributed by atoms with van der Waals surface area (Å²) in [5.74, 6) is -0.453. The van der Waals surface area contributed by atoms with Crippen molar-refractivity contribution in [2.24, 2.45) is 0 Å². The summed E-state index contributed by atoms with van der Waals surface area (Å²) in [4.78, 5) is 27.0. The van der Waals surface area contributed by atoms with Gasteiger partial charge >= 0.3 is 0 Å². The highest BCUT2D eigenvalue weighted by molar-refractivity contribution is 6.05. The van der Waals surface area contributed by atoms with Gasteiger partial charge in [0.25, 0.3) is 5.95 Å². The molecular weight excluding hydrogens is 326 g/mol. The van der Waals surface area contributed by atoms with Crippen LogP contribution in [0.5, 0.6) is 11.7 Å². The Kier molecular flexibility index (Phi) is 4.42. The molecular formula is C17H13N3O5. The number of H-pyrrole nitrogens is 1. The van der Waals surface area contributed by atoms with Gasteiger partial charge in [0, 0.05) is 17.7 Å². The molecule has 8 heteroatoms. The number of Topliss-reactive ketones (excluding diaryl/α,β-unsaturated/α-hetero) is 1. The SMILES string of the molecule is CC(=O)c1ccc(Oc2ccc(C(=O)C=C(O)c3nc[nH]n3)o2)cc1. The Morgan fingerprint density at radius 2 is 1.96 bits per heavy atom. The second kappa shape index (κ2) is 6.83. The van der Waals surface area contributed by atoms with E-state index in [2.05, 4.69) is 15.2 Å². The minimum absolute atomic E-state index is 0.00180. The number of rotatable bonds is 6. The average molecular weight is 339 g/mol. The smallest absolute Gasteiger partial charge is 0.290 e. The Labute approximate surface area is 141 Å². The van der Waals surface area contributed by atoms with Crippen molar-refractivity contribution in [3.8, 4) is 11.7 Å². The van der Waals surface area contributed by atoms with Gasteiger partial charge in [-0.15, -0.1) is 0 Å². The predicted octanol–water partition coefficient (Wildman–Crippen LogP) is 3.17. The number of aromatic amines is 1. The number of hydrogen-bond donors (Lipinski definition) is 2. The summed E-state index contributed by atoms with van der Waals surface area (Å²) in [6.07, 6.45) is 2.23. The fourth-order valence-corrected chi connectivity index (χ4v) is 1.97. The van der Waals surface area contributed by atoms with E-state index >= 15 is 0 Å². The maximum Gasteiger partial charge on any atom is 0.290 e. The van der Waals surface area contributed by atoms with E-state index in [1.165, 1.54) is 25.4 Å². The second-order valence-electron chi connectivity index (χ2n) is 5.02. The standard InChI is InChI=1S/C17H13N3O5/c1-10(21)11-2-4-12(5-3-11)24-16-7-6-15(25-16)13(22)8-14(23)17-18-9-19-20-17/h2-9,23H,1H3,(H,18,19,20). The molecule has 0 bridgehead atoms. The number of nitrogens with zero attached hydrogens (tertiary/aromatic N) is 2. The summed E-state index contributed by atoms with van der Waals surface area (Å²) >= 11 is 0. The number of ether oxygens (including phenoxy) is 1. The van der Waals surface area contributed by atoms with Crippen molar-refractivity contribution in [1.29, 1.82) is 0 Å². The molecule has 0 radical (unpaired) electrons. The number of ketones is 2. The van der Waals surface area contributed by atoms with Gasteiger partial charge in [0.15, 0.2) is 17.3 Å². The zero-order chi connectivity index (χ0) is 17.8. The van der Waals surface area contributed by atoms with Crippen LogP contribution in [-0.4, -0.2) is 31.9 Å². The monoisotopic (exact) mass is 339 g/mol. The number of nitrogens with one attached hydrogen (secondary N) is 1. The number of benzene rings is 1. The van der Waals surface area contributed by atoms with Crippen LogP contribution < -0.4 is 4.74 Å². The third-order valence-corrected chi connectivity index (χ3v) is 3.22. The van der Waals surface area contributed by atoms with E-state index in [-0.39, 0.29) is 29.1 Å². The van der Waals surface area contributed by atoms with Gasteiger partial charge in [-0.1, -0.05) is 0 Å². The van der Waals surface area contributed by atoms with E-state index in [1.807, 2.05) is 0 Å². The van der Waals surface area contributed by atoms with Crippen molar-refractivity contribution >= 4 is 17.3 Å². The molecule has 8 nitrogen and oxygen atoms in total. The Morgan fingerprint density at radius 3 is 2.60 bits per heavy atom. The third-order valence-electron chi connectivity index (χ3n) is 3.22. The summed E-state index contributed by atoms with van der Waals surface area (Å²) in [5.41, 5.74) is 0.565. The van der Waals surface area contributed by atoms with Crippen molar-refractivity contribution < 1.29 is 23.8 Å². The first-order valence-corrected chi connectivity index (χ1v) is 7.23. The number of hydrogen-bond acceptors (Lipinski definition) is 7. The van der Waals surface area contributed by atoms with Crippen LogP contribution in [-0.2, 0) is 0 Å². The molecule has 0 saturated carbocycles. The first kappa shape index (κ1) is 16.2. The van der Waals surface area contributed by atoms with Crippen LogP contribution in [0, 0.1) is 0 Å². The van der Waals surface area contributed by atoms with Gasteiger partial charge in [0.1, 0.15) is 12.1 Å². The van der Waals surface area contributed by atoms with Gasteiger partial charge in [-0.05, 0) is 37.3 Å². The minimum atomic E-state index is -0.566. The molecule has 2 heterocycles. The normalized spacial score (nSPS) is 11.3. The molecule has 2 N–H and O–H groups in total. The molecule has 126 valence electrons. The van der Waals surface area contributed by atoms with Gasteiger partial charge in [-0.3, -0.25) is 14.7 Å². The van der Waals surface area contributed by atoms with Crippen LogP contribution in [0.15, 0.2) is 53.2 Å². The van der Waals surface area contributed by atoms with Crippen LogP contribution >= 0.6 is 0 Å². The van der Waals surface area contributed by atoms with Crippen molar-refractivity contribution in [2.45, 2.75) is 6.92 Å². The molecule has 0 aliphatic rings. The minimum Gasteiger partial charge on any atom is -0.504 e. The van der Waals surface area contributed by atoms with Gasteiger partial charge in [-0.25, -0.2) is 4.98 Å². The van der Waals surface area contributed by atoms with Gasteiger partial charge in [0.2, 0.25) is 11.6 Å². The highest BCUT2D eigenvalue weighted by Gasteiger charge is 2.13. The maximum absolute atomic E-state index is 12.0. The van der Waals surface area contributed by atoms with Gasteiger partial charge in [0.05, 0.1) is 0 Å². The Hall–Kier alpha value is -3.68. The quantitative estimate of drug-likeness (QED) is 0.402. The van der Waals surface area contributed by atoms with E-state index in [1.54, 1.807) is 24.3 Å². The molecule has 3 rings (SSSR count). The van der Waals surface area contributed by atoms with Gasteiger partial charge < -0.3 is 14.3 Å². The fraction of sp³-hybridized carbons (Fsp3) is 0.0588. The number of carbonyl (C=O) groups is 2. The molecule has 0 saturated heterocycles. The lowest BCUT2D eigenvalue weighted by Gasteiger charge is -2.02. The molecule has 2 aromatic heterocycles. The van der Waals surface area contributed by atoms with Crippen LogP contribution in [0.4, 0.5) is 0 Å². The topological polar surface area (TPSA) is 118 Å². The van der Waals surface area contributed by atoms with Crippen LogP contribution in [0.3, 0.4) is 0 Å². The summed E-state index contributed by atoms with van der Waals surface area (Å²) < 4.78 is 10.8. The highest BCUT2D eigenvalue weighted by atomic mass is 16.6. The number of aliphatic hydroxyl groups is 1. The molecule has 0 fully saturated rings. The lowest BCUT2D eigenvalue weighted by atomic mass is 10.1. The van der Waals surface area contributed by atoms with E-state index in [4.69, 9.17) is 9.15 Å². The van der Waals surface area contributed by atoms with Gasteiger partial charge in [-0.2, -0.15) is 5.10 Å². The summed E-state index contributed by atoms with van der Waals surface area (Å²) in [6.45, 7) is 1.47. The lowest BCUT2D eigenvalue weighted by molar-refractivity contribution is 0.100.